The van der Waals surface area contributed by atoms with Crippen LogP contribution in [0.2, 0.25) is 5.02 Å². The number of carbonyl (C=O) groups is 2. The first-order chi connectivity index (χ1) is 11.6. The molecule has 1 aromatic rings. The van der Waals surface area contributed by atoms with E-state index in [2.05, 4.69) is 10.6 Å². The molecule has 0 atom stereocenters. The van der Waals surface area contributed by atoms with Gasteiger partial charge < -0.3 is 15.4 Å². The molecule has 6 heteroatoms. The van der Waals surface area contributed by atoms with E-state index in [1.807, 2.05) is 12.1 Å². The van der Waals surface area contributed by atoms with Gasteiger partial charge in [-0.05, 0) is 37.0 Å². The van der Waals surface area contributed by atoms with Crippen LogP contribution in [0, 0.1) is 5.92 Å². The minimum absolute atomic E-state index is 0.0305. The molecular weight excluding hydrogens is 328 g/mol. The second kappa shape index (κ2) is 9.52. The van der Waals surface area contributed by atoms with Crippen molar-refractivity contribution in [3.05, 3.63) is 28.8 Å². The van der Waals surface area contributed by atoms with Crippen LogP contribution < -0.4 is 15.4 Å². The number of ether oxygens (including phenoxy) is 1. The minimum atomic E-state index is -0.0305. The predicted molar refractivity (Wildman–Crippen MR) is 94.3 cm³/mol. The molecule has 0 unspecified atom stereocenters. The number of hydrogen-bond donors (Lipinski definition) is 2. The van der Waals surface area contributed by atoms with Crippen LogP contribution in [0.5, 0.6) is 5.75 Å². The topological polar surface area (TPSA) is 67.4 Å². The molecule has 132 valence electrons. The first-order valence-electron chi connectivity index (χ1n) is 8.47. The van der Waals surface area contributed by atoms with Gasteiger partial charge in [-0.25, -0.2) is 0 Å². The molecule has 2 rings (SSSR count). The van der Waals surface area contributed by atoms with Gasteiger partial charge in [0.05, 0.1) is 12.1 Å². The molecule has 24 heavy (non-hydrogen) atoms. The Morgan fingerprint density at radius 3 is 2.58 bits per heavy atom. The zero-order valence-electron chi connectivity index (χ0n) is 14.1. The molecule has 2 N–H and O–H groups in total. The molecule has 0 aliphatic heterocycles. The standard InChI is InChI=1S/C18H25ClN2O3/c1-24-16-8-6-13(12-15(16)19)7-9-17(22)20-10-11-21-18(23)14-4-2-3-5-14/h6,8,12,14H,2-5,7,9-11H2,1H3,(H,20,22)(H,21,23). The average Bonchev–Trinajstić information content (AvgIpc) is 3.11. The van der Waals surface area contributed by atoms with Crippen LogP contribution in [0.1, 0.15) is 37.7 Å². The van der Waals surface area contributed by atoms with E-state index >= 15 is 0 Å². The van der Waals surface area contributed by atoms with E-state index in [0.717, 1.165) is 31.2 Å². The Kier molecular flexibility index (Phi) is 7.37. The quantitative estimate of drug-likeness (QED) is 0.707. The Balaban J connectivity index is 1.61. The summed E-state index contributed by atoms with van der Waals surface area (Å²) >= 11 is 6.06. The second-order valence-corrected chi connectivity index (χ2v) is 6.50. The number of carbonyl (C=O) groups excluding carboxylic acids is 2. The Labute approximate surface area is 148 Å². The maximum Gasteiger partial charge on any atom is 0.223 e. The summed E-state index contributed by atoms with van der Waals surface area (Å²) in [7, 11) is 1.57. The van der Waals surface area contributed by atoms with Gasteiger partial charge in [-0.3, -0.25) is 9.59 Å². The Morgan fingerprint density at radius 1 is 1.21 bits per heavy atom. The Bertz CT molecular complexity index is 571. The van der Waals surface area contributed by atoms with Crippen LogP contribution in [-0.2, 0) is 16.0 Å². The lowest BCUT2D eigenvalue weighted by Crippen LogP contribution is -2.37. The number of benzene rings is 1. The first-order valence-corrected chi connectivity index (χ1v) is 8.84. The molecule has 1 fully saturated rings. The fraction of sp³-hybridized carbons (Fsp3) is 0.556. The molecule has 5 nitrogen and oxygen atoms in total. The molecule has 0 saturated heterocycles. The van der Waals surface area contributed by atoms with E-state index in [1.165, 1.54) is 0 Å². The highest BCUT2D eigenvalue weighted by Gasteiger charge is 2.21. The molecule has 1 aromatic carbocycles. The van der Waals surface area contributed by atoms with Crippen molar-refractivity contribution in [1.29, 1.82) is 0 Å². The van der Waals surface area contributed by atoms with E-state index in [9.17, 15) is 9.59 Å². The van der Waals surface area contributed by atoms with E-state index in [0.29, 0.717) is 36.7 Å². The fourth-order valence-electron chi connectivity index (χ4n) is 2.93. The SMILES string of the molecule is COc1ccc(CCC(=O)NCCNC(=O)C2CCCC2)cc1Cl. The molecule has 0 radical (unpaired) electrons. The summed E-state index contributed by atoms with van der Waals surface area (Å²) in [4.78, 5) is 23.7. The molecule has 0 bridgehead atoms. The Morgan fingerprint density at radius 2 is 1.92 bits per heavy atom. The number of methoxy groups -OCH3 is 1. The van der Waals surface area contributed by atoms with Crippen molar-refractivity contribution in [3.8, 4) is 5.75 Å². The van der Waals surface area contributed by atoms with Crippen LogP contribution in [0.4, 0.5) is 0 Å². The lowest BCUT2D eigenvalue weighted by Gasteiger charge is -2.11. The molecule has 2 amide bonds. The van der Waals surface area contributed by atoms with Crippen molar-refractivity contribution in [2.24, 2.45) is 5.92 Å². The summed E-state index contributed by atoms with van der Waals surface area (Å²) in [6.45, 7) is 0.941. The molecule has 1 saturated carbocycles. The predicted octanol–water partition coefficient (Wildman–Crippen LogP) is 2.70. The van der Waals surface area contributed by atoms with E-state index in [4.69, 9.17) is 16.3 Å². The number of nitrogens with one attached hydrogen (secondary N) is 2. The van der Waals surface area contributed by atoms with Gasteiger partial charge in [0.25, 0.3) is 0 Å². The highest BCUT2D eigenvalue weighted by Crippen LogP contribution is 2.25. The van der Waals surface area contributed by atoms with Crippen molar-refractivity contribution in [1.82, 2.24) is 10.6 Å². The lowest BCUT2D eigenvalue weighted by atomic mass is 10.1. The summed E-state index contributed by atoms with van der Waals surface area (Å²) in [6, 6.07) is 5.52. The summed E-state index contributed by atoms with van der Waals surface area (Å²) in [5.41, 5.74) is 0.991. The number of aryl methyl sites for hydroxylation is 1. The largest absolute Gasteiger partial charge is 0.495 e. The van der Waals surface area contributed by atoms with Crippen molar-refractivity contribution >= 4 is 23.4 Å². The van der Waals surface area contributed by atoms with E-state index in [1.54, 1.807) is 13.2 Å². The third-order valence-electron chi connectivity index (χ3n) is 4.33. The van der Waals surface area contributed by atoms with Gasteiger partial charge in [0, 0.05) is 25.4 Å². The zero-order chi connectivity index (χ0) is 17.4. The van der Waals surface area contributed by atoms with Gasteiger partial charge in [0.2, 0.25) is 11.8 Å². The summed E-state index contributed by atoms with van der Waals surface area (Å²) in [5.74, 6) is 0.884. The average molecular weight is 353 g/mol. The summed E-state index contributed by atoms with van der Waals surface area (Å²) in [5, 5.41) is 6.26. The van der Waals surface area contributed by atoms with Gasteiger partial charge >= 0.3 is 0 Å². The third-order valence-corrected chi connectivity index (χ3v) is 4.62. The fourth-order valence-corrected chi connectivity index (χ4v) is 3.21. The van der Waals surface area contributed by atoms with Crippen molar-refractivity contribution in [2.45, 2.75) is 38.5 Å². The maximum atomic E-state index is 11.8. The second-order valence-electron chi connectivity index (χ2n) is 6.09. The zero-order valence-corrected chi connectivity index (χ0v) is 14.8. The minimum Gasteiger partial charge on any atom is -0.495 e. The van der Waals surface area contributed by atoms with Gasteiger partial charge in [-0.15, -0.1) is 0 Å². The summed E-state index contributed by atoms with van der Waals surface area (Å²) < 4.78 is 5.10. The number of halogens is 1. The lowest BCUT2D eigenvalue weighted by molar-refractivity contribution is -0.125. The number of amides is 2. The molecule has 0 spiro atoms. The molecule has 1 aliphatic carbocycles. The molecular formula is C18H25ClN2O3. The van der Waals surface area contributed by atoms with Gasteiger partial charge in [-0.1, -0.05) is 30.5 Å². The van der Waals surface area contributed by atoms with Crippen LogP contribution in [-0.4, -0.2) is 32.0 Å². The maximum absolute atomic E-state index is 11.8. The molecule has 0 heterocycles. The number of hydrogen-bond acceptors (Lipinski definition) is 3. The molecule has 1 aliphatic rings. The smallest absolute Gasteiger partial charge is 0.223 e. The number of rotatable bonds is 8. The van der Waals surface area contributed by atoms with Gasteiger partial charge in [0.15, 0.2) is 0 Å². The van der Waals surface area contributed by atoms with Crippen molar-refractivity contribution in [2.75, 3.05) is 20.2 Å². The third kappa shape index (κ3) is 5.71. The monoisotopic (exact) mass is 352 g/mol. The van der Waals surface area contributed by atoms with Crippen LogP contribution in [0.3, 0.4) is 0 Å². The van der Waals surface area contributed by atoms with Crippen molar-refractivity contribution in [3.63, 3.8) is 0 Å². The van der Waals surface area contributed by atoms with Gasteiger partial charge in [0.1, 0.15) is 5.75 Å². The Hall–Kier alpha value is -1.75. The van der Waals surface area contributed by atoms with E-state index < -0.39 is 0 Å². The summed E-state index contributed by atoms with van der Waals surface area (Å²) in [6.07, 6.45) is 5.27. The van der Waals surface area contributed by atoms with Crippen LogP contribution in [0.25, 0.3) is 0 Å². The van der Waals surface area contributed by atoms with Crippen molar-refractivity contribution < 1.29 is 14.3 Å². The van der Waals surface area contributed by atoms with E-state index in [-0.39, 0.29) is 17.7 Å². The van der Waals surface area contributed by atoms with Crippen LogP contribution >= 0.6 is 11.6 Å². The normalized spacial score (nSPS) is 14.4. The highest BCUT2D eigenvalue weighted by atomic mass is 35.5. The highest BCUT2D eigenvalue weighted by molar-refractivity contribution is 6.32. The van der Waals surface area contributed by atoms with Crippen LogP contribution in [0.15, 0.2) is 18.2 Å². The first kappa shape index (κ1) is 18.6. The molecule has 0 aromatic heterocycles. The van der Waals surface area contributed by atoms with Gasteiger partial charge in [-0.2, -0.15) is 0 Å².